The molecule has 0 aliphatic heterocycles. The number of rotatable bonds is 5. The molecule has 2 aliphatic rings. The van der Waals surface area contributed by atoms with Crippen molar-refractivity contribution < 1.29 is 0 Å². The summed E-state index contributed by atoms with van der Waals surface area (Å²) < 4.78 is 0. The third-order valence-electron chi connectivity index (χ3n) is 4.97. The van der Waals surface area contributed by atoms with E-state index >= 15 is 0 Å². The van der Waals surface area contributed by atoms with Gasteiger partial charge in [0.05, 0.1) is 11.2 Å². The maximum absolute atomic E-state index is 4.42. The third-order valence-corrected chi connectivity index (χ3v) is 6.02. The lowest BCUT2D eigenvalue weighted by Crippen LogP contribution is -2.25. The highest BCUT2D eigenvalue weighted by molar-refractivity contribution is 7.09. The Kier molecular flexibility index (Phi) is 3.71. The molecule has 1 aromatic rings. The van der Waals surface area contributed by atoms with Crippen LogP contribution in [-0.4, -0.2) is 11.5 Å². The number of hydrogen-bond acceptors (Lipinski definition) is 3. The molecule has 1 aromatic heterocycles. The van der Waals surface area contributed by atoms with Crippen molar-refractivity contribution in [1.82, 2.24) is 10.3 Å². The molecule has 0 saturated heterocycles. The van der Waals surface area contributed by atoms with E-state index in [1.54, 1.807) is 0 Å². The van der Waals surface area contributed by atoms with Crippen LogP contribution < -0.4 is 5.32 Å². The summed E-state index contributed by atoms with van der Waals surface area (Å²) in [7, 11) is 0. The van der Waals surface area contributed by atoms with Crippen LogP contribution in [0.5, 0.6) is 0 Å². The predicted octanol–water partition coefficient (Wildman–Crippen LogP) is 3.93. The van der Waals surface area contributed by atoms with Crippen LogP contribution in [0.25, 0.3) is 0 Å². The summed E-state index contributed by atoms with van der Waals surface area (Å²) in [6.07, 6.45) is 7.34. The van der Waals surface area contributed by atoms with Crippen molar-refractivity contribution in [2.24, 2.45) is 17.8 Å². The Bertz CT molecular complexity index is 401. The molecule has 3 heteroatoms. The first kappa shape index (κ1) is 12.6. The van der Waals surface area contributed by atoms with Gasteiger partial charge in [-0.2, -0.15) is 0 Å². The number of aromatic nitrogens is 1. The molecule has 100 valence electrons. The van der Waals surface area contributed by atoms with Crippen molar-refractivity contribution in [2.75, 3.05) is 6.54 Å². The highest BCUT2D eigenvalue weighted by atomic mass is 32.1. The standard InChI is InChI=1S/C15H24N2S/c1-3-16-14(15-10(2)17-9-18-15)8-13-7-11-4-5-12(13)6-11/h9,11-14,16H,3-8H2,1-2H3. The van der Waals surface area contributed by atoms with E-state index in [0.717, 1.165) is 24.3 Å². The molecule has 4 unspecified atom stereocenters. The van der Waals surface area contributed by atoms with Crippen LogP contribution in [-0.2, 0) is 0 Å². The minimum absolute atomic E-state index is 0.548. The molecule has 3 rings (SSSR count). The average molecular weight is 264 g/mol. The number of fused-ring (bicyclic) bond motifs is 2. The van der Waals surface area contributed by atoms with Gasteiger partial charge in [-0.25, -0.2) is 4.98 Å². The lowest BCUT2D eigenvalue weighted by atomic mass is 9.84. The number of thiazole rings is 1. The molecule has 1 heterocycles. The molecular formula is C15H24N2S. The summed E-state index contributed by atoms with van der Waals surface area (Å²) >= 11 is 1.83. The van der Waals surface area contributed by atoms with Crippen molar-refractivity contribution in [1.29, 1.82) is 0 Å². The first-order chi connectivity index (χ1) is 8.78. The maximum atomic E-state index is 4.42. The summed E-state index contributed by atoms with van der Waals surface area (Å²) in [6.45, 7) is 5.42. The van der Waals surface area contributed by atoms with Crippen molar-refractivity contribution in [3.63, 3.8) is 0 Å². The van der Waals surface area contributed by atoms with E-state index in [0.29, 0.717) is 6.04 Å². The van der Waals surface area contributed by atoms with E-state index in [-0.39, 0.29) is 0 Å². The van der Waals surface area contributed by atoms with Crippen LogP contribution in [0.15, 0.2) is 5.51 Å². The van der Waals surface area contributed by atoms with Gasteiger partial charge in [-0.1, -0.05) is 13.3 Å². The average Bonchev–Trinajstić information content (AvgIpc) is 3.04. The first-order valence-electron chi connectivity index (χ1n) is 7.41. The highest BCUT2D eigenvalue weighted by Crippen LogP contribution is 2.51. The fourth-order valence-electron chi connectivity index (χ4n) is 4.14. The van der Waals surface area contributed by atoms with Gasteiger partial charge < -0.3 is 5.32 Å². The molecule has 18 heavy (non-hydrogen) atoms. The monoisotopic (exact) mass is 264 g/mol. The molecule has 1 N–H and O–H groups in total. The Balaban J connectivity index is 1.69. The number of hydrogen-bond donors (Lipinski definition) is 1. The summed E-state index contributed by atoms with van der Waals surface area (Å²) in [6, 6.07) is 0.548. The van der Waals surface area contributed by atoms with E-state index in [1.807, 2.05) is 16.8 Å². The van der Waals surface area contributed by atoms with Crippen molar-refractivity contribution in [2.45, 2.75) is 52.0 Å². The number of nitrogens with zero attached hydrogens (tertiary/aromatic N) is 1. The van der Waals surface area contributed by atoms with E-state index in [2.05, 4.69) is 24.1 Å². The van der Waals surface area contributed by atoms with Crippen molar-refractivity contribution in [3.05, 3.63) is 16.1 Å². The molecule has 0 aromatic carbocycles. The van der Waals surface area contributed by atoms with Gasteiger partial charge in [0.25, 0.3) is 0 Å². The molecule has 2 nitrogen and oxygen atoms in total. The minimum Gasteiger partial charge on any atom is -0.309 e. The predicted molar refractivity (Wildman–Crippen MR) is 76.8 cm³/mol. The molecule has 0 spiro atoms. The van der Waals surface area contributed by atoms with Gasteiger partial charge in [0.1, 0.15) is 0 Å². The smallest absolute Gasteiger partial charge is 0.0798 e. The summed E-state index contributed by atoms with van der Waals surface area (Å²) in [4.78, 5) is 5.89. The van der Waals surface area contributed by atoms with Crippen molar-refractivity contribution >= 4 is 11.3 Å². The van der Waals surface area contributed by atoms with Gasteiger partial charge in [0.15, 0.2) is 0 Å². The Morgan fingerprint density at radius 2 is 2.33 bits per heavy atom. The fourth-order valence-corrected chi connectivity index (χ4v) is 5.03. The minimum atomic E-state index is 0.548. The SMILES string of the molecule is CCNC(CC1CC2CCC1C2)c1scnc1C. The largest absolute Gasteiger partial charge is 0.309 e. The Morgan fingerprint density at radius 1 is 1.44 bits per heavy atom. The second-order valence-corrected chi connectivity index (χ2v) is 6.97. The molecule has 2 bridgehead atoms. The molecule has 2 saturated carbocycles. The van der Waals surface area contributed by atoms with Gasteiger partial charge in [-0.3, -0.25) is 0 Å². The molecule has 0 radical (unpaired) electrons. The zero-order chi connectivity index (χ0) is 12.5. The van der Waals surface area contributed by atoms with Gasteiger partial charge in [0.2, 0.25) is 0 Å². The normalized spacial score (nSPS) is 32.0. The summed E-state index contributed by atoms with van der Waals surface area (Å²) in [5, 5.41) is 3.68. The van der Waals surface area contributed by atoms with Crippen LogP contribution in [0, 0.1) is 24.7 Å². The van der Waals surface area contributed by atoms with Gasteiger partial charge >= 0.3 is 0 Å². The van der Waals surface area contributed by atoms with Crippen LogP contribution >= 0.6 is 11.3 Å². The van der Waals surface area contributed by atoms with E-state index < -0.39 is 0 Å². The maximum Gasteiger partial charge on any atom is 0.0798 e. The second kappa shape index (κ2) is 5.30. The number of aryl methyl sites for hydroxylation is 1. The topological polar surface area (TPSA) is 24.9 Å². The lowest BCUT2D eigenvalue weighted by Gasteiger charge is -2.27. The zero-order valence-corrected chi connectivity index (χ0v) is 12.3. The molecule has 0 amide bonds. The van der Waals surface area contributed by atoms with Crippen LogP contribution in [0.2, 0.25) is 0 Å². The van der Waals surface area contributed by atoms with Crippen LogP contribution in [0.3, 0.4) is 0 Å². The van der Waals surface area contributed by atoms with Gasteiger partial charge in [0, 0.05) is 10.9 Å². The van der Waals surface area contributed by atoms with Gasteiger partial charge in [-0.05, 0) is 56.9 Å². The quantitative estimate of drug-likeness (QED) is 0.871. The Labute approximate surface area is 114 Å². The highest BCUT2D eigenvalue weighted by Gasteiger charge is 2.40. The molecule has 2 aliphatic carbocycles. The van der Waals surface area contributed by atoms with Crippen LogP contribution in [0.1, 0.15) is 55.6 Å². The molecule has 2 fully saturated rings. The summed E-state index contributed by atoms with van der Waals surface area (Å²) in [5.74, 6) is 3.06. The van der Waals surface area contributed by atoms with Crippen molar-refractivity contribution in [3.8, 4) is 0 Å². The zero-order valence-electron chi connectivity index (χ0n) is 11.5. The molecule has 4 atom stereocenters. The Morgan fingerprint density at radius 3 is 2.89 bits per heavy atom. The second-order valence-electron chi connectivity index (χ2n) is 6.08. The summed E-state index contributed by atoms with van der Waals surface area (Å²) in [5.41, 5.74) is 3.23. The lowest BCUT2D eigenvalue weighted by molar-refractivity contribution is 0.281. The third kappa shape index (κ3) is 2.35. The van der Waals surface area contributed by atoms with Crippen LogP contribution in [0.4, 0.5) is 0 Å². The van der Waals surface area contributed by atoms with E-state index in [1.165, 1.54) is 42.7 Å². The first-order valence-corrected chi connectivity index (χ1v) is 8.29. The fraction of sp³-hybridized carbons (Fsp3) is 0.800. The van der Waals surface area contributed by atoms with E-state index in [4.69, 9.17) is 0 Å². The number of nitrogens with one attached hydrogen (secondary N) is 1. The van der Waals surface area contributed by atoms with Gasteiger partial charge in [-0.15, -0.1) is 11.3 Å². The Hall–Kier alpha value is -0.410. The van der Waals surface area contributed by atoms with E-state index in [9.17, 15) is 0 Å². The molecular weight excluding hydrogens is 240 g/mol.